The summed E-state index contributed by atoms with van der Waals surface area (Å²) in [6, 6.07) is 2.22. The van der Waals surface area contributed by atoms with Crippen molar-refractivity contribution in [3.05, 3.63) is 29.5 Å². The third-order valence-corrected chi connectivity index (χ3v) is 4.84. The normalized spacial score (nSPS) is 18.7. The van der Waals surface area contributed by atoms with E-state index < -0.39 is 0 Å². The molecule has 7 heteroatoms. The number of rotatable bonds is 3. The first-order valence-corrected chi connectivity index (χ1v) is 8.40. The zero-order valence-corrected chi connectivity index (χ0v) is 13.4. The molecule has 114 valence electrons. The summed E-state index contributed by atoms with van der Waals surface area (Å²) in [4.78, 5) is 16.7. The molecular formula is C15H17N5OS. The van der Waals surface area contributed by atoms with E-state index in [2.05, 4.69) is 50.3 Å². The van der Waals surface area contributed by atoms with Crippen molar-refractivity contribution in [2.45, 2.75) is 38.6 Å². The first-order valence-electron chi connectivity index (χ1n) is 7.52. The van der Waals surface area contributed by atoms with Gasteiger partial charge in [-0.05, 0) is 24.3 Å². The van der Waals surface area contributed by atoms with Gasteiger partial charge in [0.1, 0.15) is 17.0 Å². The van der Waals surface area contributed by atoms with E-state index in [1.54, 1.807) is 17.7 Å². The molecule has 0 aromatic carbocycles. The molecule has 1 unspecified atom stereocenters. The highest BCUT2D eigenvalue weighted by Crippen LogP contribution is 2.37. The van der Waals surface area contributed by atoms with Crippen LogP contribution >= 0.6 is 11.3 Å². The zero-order chi connectivity index (χ0) is 15.1. The van der Waals surface area contributed by atoms with Gasteiger partial charge in [-0.15, -0.1) is 11.3 Å². The van der Waals surface area contributed by atoms with Crippen molar-refractivity contribution in [3.8, 4) is 0 Å². The zero-order valence-electron chi connectivity index (χ0n) is 12.6. The number of fused-ring (bicyclic) bond motifs is 1. The van der Waals surface area contributed by atoms with Gasteiger partial charge in [0.25, 0.3) is 0 Å². The van der Waals surface area contributed by atoms with Crippen LogP contribution in [0.3, 0.4) is 0 Å². The van der Waals surface area contributed by atoms with Crippen LogP contribution in [0.1, 0.15) is 50.4 Å². The Kier molecular flexibility index (Phi) is 3.29. The van der Waals surface area contributed by atoms with E-state index in [0.29, 0.717) is 5.89 Å². The molecule has 3 aromatic heterocycles. The monoisotopic (exact) mass is 315 g/mol. The Labute approximate surface area is 132 Å². The predicted molar refractivity (Wildman–Crippen MR) is 85.1 cm³/mol. The van der Waals surface area contributed by atoms with Crippen LogP contribution in [0.4, 0.5) is 5.82 Å². The van der Waals surface area contributed by atoms with Gasteiger partial charge in [0.05, 0.1) is 11.4 Å². The van der Waals surface area contributed by atoms with Crippen LogP contribution in [0.25, 0.3) is 10.2 Å². The lowest BCUT2D eigenvalue weighted by Crippen LogP contribution is -2.24. The van der Waals surface area contributed by atoms with Gasteiger partial charge in [0.2, 0.25) is 5.89 Å². The molecule has 3 aromatic rings. The minimum Gasteiger partial charge on any atom is -0.346 e. The summed E-state index contributed by atoms with van der Waals surface area (Å²) < 4.78 is 5.38. The summed E-state index contributed by atoms with van der Waals surface area (Å²) in [7, 11) is 0. The van der Waals surface area contributed by atoms with Crippen LogP contribution in [0.5, 0.6) is 0 Å². The minimum absolute atomic E-state index is 0.134. The Morgan fingerprint density at radius 2 is 2.27 bits per heavy atom. The highest BCUT2D eigenvalue weighted by atomic mass is 32.1. The molecule has 1 aliphatic heterocycles. The van der Waals surface area contributed by atoms with Crippen LogP contribution in [-0.2, 0) is 0 Å². The van der Waals surface area contributed by atoms with E-state index in [1.807, 2.05) is 0 Å². The fraction of sp³-hybridized carbons (Fsp3) is 0.467. The van der Waals surface area contributed by atoms with E-state index in [1.165, 1.54) is 0 Å². The van der Waals surface area contributed by atoms with Crippen LogP contribution in [0.15, 0.2) is 22.3 Å². The topological polar surface area (TPSA) is 67.9 Å². The maximum Gasteiger partial charge on any atom is 0.229 e. The maximum absolute atomic E-state index is 5.38. The summed E-state index contributed by atoms with van der Waals surface area (Å²) in [6.07, 6.45) is 3.76. The van der Waals surface area contributed by atoms with Gasteiger partial charge in [-0.3, -0.25) is 0 Å². The second-order valence-corrected chi connectivity index (χ2v) is 6.73. The van der Waals surface area contributed by atoms with Gasteiger partial charge in [-0.2, -0.15) is 4.98 Å². The van der Waals surface area contributed by atoms with Gasteiger partial charge >= 0.3 is 0 Å². The van der Waals surface area contributed by atoms with Crippen molar-refractivity contribution in [2.24, 2.45) is 0 Å². The highest BCUT2D eigenvalue weighted by Gasteiger charge is 2.32. The highest BCUT2D eigenvalue weighted by molar-refractivity contribution is 7.16. The van der Waals surface area contributed by atoms with Gasteiger partial charge in [-0.1, -0.05) is 19.0 Å². The molecule has 4 rings (SSSR count). The molecular weight excluding hydrogens is 298 g/mol. The molecule has 0 spiro atoms. The van der Waals surface area contributed by atoms with Crippen LogP contribution < -0.4 is 4.90 Å². The summed E-state index contributed by atoms with van der Waals surface area (Å²) in [5, 5.41) is 7.35. The SMILES string of the molecule is CC(C)c1nc(C2CCCN2c2ncnc3sccc23)no1. The number of aromatic nitrogens is 4. The van der Waals surface area contributed by atoms with E-state index in [0.717, 1.165) is 41.2 Å². The number of hydrogen-bond acceptors (Lipinski definition) is 7. The first kappa shape index (κ1) is 13.6. The van der Waals surface area contributed by atoms with Gasteiger partial charge < -0.3 is 9.42 Å². The van der Waals surface area contributed by atoms with Crippen molar-refractivity contribution in [3.63, 3.8) is 0 Å². The first-order chi connectivity index (χ1) is 10.7. The third-order valence-electron chi connectivity index (χ3n) is 4.01. The van der Waals surface area contributed by atoms with Crippen molar-refractivity contribution in [1.29, 1.82) is 0 Å². The lowest BCUT2D eigenvalue weighted by Gasteiger charge is -2.23. The standard InChI is InChI=1S/C15H17N5OS/c1-9(2)14-18-12(19-21-14)11-4-3-6-20(11)13-10-5-7-22-15(10)17-8-16-13/h5,7-9,11H,3-4,6H2,1-2H3. The smallest absolute Gasteiger partial charge is 0.229 e. The van der Waals surface area contributed by atoms with Gasteiger partial charge in [-0.25, -0.2) is 9.97 Å². The van der Waals surface area contributed by atoms with Crippen molar-refractivity contribution < 1.29 is 4.52 Å². The molecule has 0 amide bonds. The molecule has 0 aliphatic carbocycles. The van der Waals surface area contributed by atoms with Gasteiger partial charge in [0, 0.05) is 12.5 Å². The number of hydrogen-bond donors (Lipinski definition) is 0. The quantitative estimate of drug-likeness (QED) is 0.736. The summed E-state index contributed by atoms with van der Waals surface area (Å²) >= 11 is 1.64. The average molecular weight is 315 g/mol. The Morgan fingerprint density at radius 1 is 1.36 bits per heavy atom. The van der Waals surface area contributed by atoms with Crippen molar-refractivity contribution in [1.82, 2.24) is 20.1 Å². The Balaban J connectivity index is 1.72. The maximum atomic E-state index is 5.38. The lowest BCUT2D eigenvalue weighted by molar-refractivity contribution is 0.358. The molecule has 4 heterocycles. The number of anilines is 1. The fourth-order valence-electron chi connectivity index (χ4n) is 2.91. The molecule has 1 fully saturated rings. The van der Waals surface area contributed by atoms with E-state index >= 15 is 0 Å². The van der Waals surface area contributed by atoms with Crippen molar-refractivity contribution >= 4 is 27.4 Å². The van der Waals surface area contributed by atoms with E-state index in [-0.39, 0.29) is 12.0 Å². The third kappa shape index (κ3) is 2.16. The molecule has 22 heavy (non-hydrogen) atoms. The van der Waals surface area contributed by atoms with E-state index in [9.17, 15) is 0 Å². The fourth-order valence-corrected chi connectivity index (χ4v) is 3.64. The molecule has 1 saturated heterocycles. The molecule has 1 aliphatic rings. The average Bonchev–Trinajstić information content (AvgIpc) is 3.25. The molecule has 0 bridgehead atoms. The lowest BCUT2D eigenvalue weighted by atomic mass is 10.2. The molecule has 0 saturated carbocycles. The second-order valence-electron chi connectivity index (χ2n) is 5.83. The molecule has 1 atom stereocenters. The largest absolute Gasteiger partial charge is 0.346 e. The van der Waals surface area contributed by atoms with Crippen molar-refractivity contribution in [2.75, 3.05) is 11.4 Å². The van der Waals surface area contributed by atoms with Crippen LogP contribution in [0.2, 0.25) is 0 Å². The Hall–Kier alpha value is -2.02. The van der Waals surface area contributed by atoms with Gasteiger partial charge in [0.15, 0.2) is 5.82 Å². The molecule has 6 nitrogen and oxygen atoms in total. The van der Waals surface area contributed by atoms with E-state index in [4.69, 9.17) is 4.52 Å². The minimum atomic E-state index is 0.134. The molecule has 0 radical (unpaired) electrons. The second kappa shape index (κ2) is 5.31. The summed E-state index contributed by atoms with van der Waals surface area (Å²) in [5.74, 6) is 2.69. The Bertz CT molecular complexity index is 796. The Morgan fingerprint density at radius 3 is 3.09 bits per heavy atom. The molecule has 0 N–H and O–H groups in total. The number of nitrogens with zero attached hydrogens (tertiary/aromatic N) is 5. The predicted octanol–water partition coefficient (Wildman–Crippen LogP) is 3.54. The summed E-state index contributed by atoms with van der Waals surface area (Å²) in [6.45, 7) is 5.07. The van der Waals surface area contributed by atoms with Crippen LogP contribution in [0, 0.1) is 0 Å². The summed E-state index contributed by atoms with van der Waals surface area (Å²) in [5.41, 5.74) is 0. The van der Waals surface area contributed by atoms with Crippen LogP contribution in [-0.4, -0.2) is 26.7 Å². The number of thiophene rings is 1.